The molecule has 0 heterocycles. The Bertz CT molecular complexity index is 202. The molecule has 0 aromatic heterocycles. The van der Waals surface area contributed by atoms with Gasteiger partial charge in [0.2, 0.25) is 11.8 Å². The Balaban J connectivity index is 4.27. The van der Waals surface area contributed by atoms with E-state index in [-0.39, 0.29) is 11.8 Å². The van der Waals surface area contributed by atoms with E-state index in [2.05, 4.69) is 5.32 Å². The number of carbonyl (C=O) groups is 2. The monoisotopic (exact) mass is 187 g/mol. The minimum atomic E-state index is -0.640. The number of nitrogens with two attached hydrogens (primary N) is 2. The van der Waals surface area contributed by atoms with Crippen LogP contribution in [0.3, 0.4) is 0 Å². The van der Waals surface area contributed by atoms with Crippen molar-refractivity contribution in [1.82, 2.24) is 5.32 Å². The molecular weight excluding hydrogens is 170 g/mol. The Morgan fingerprint density at radius 1 is 1.23 bits per heavy atom. The fourth-order valence-corrected chi connectivity index (χ4v) is 0.851. The van der Waals surface area contributed by atoms with Crippen LogP contribution in [-0.2, 0) is 9.59 Å². The Kier molecular flexibility index (Phi) is 4.40. The van der Waals surface area contributed by atoms with Crippen LogP contribution in [0, 0.1) is 5.92 Å². The first-order chi connectivity index (χ1) is 5.86. The summed E-state index contributed by atoms with van der Waals surface area (Å²) in [6.45, 7) is 5.15. The number of carbonyl (C=O) groups excluding carboxylic acids is 2. The van der Waals surface area contributed by atoms with Crippen LogP contribution < -0.4 is 16.8 Å². The number of rotatable bonds is 4. The first-order valence-corrected chi connectivity index (χ1v) is 4.21. The van der Waals surface area contributed by atoms with Crippen molar-refractivity contribution in [3.05, 3.63) is 0 Å². The third kappa shape index (κ3) is 3.89. The van der Waals surface area contributed by atoms with Crippen LogP contribution in [0.2, 0.25) is 0 Å². The molecule has 2 amide bonds. The lowest BCUT2D eigenvalue weighted by Crippen LogP contribution is -2.51. The highest BCUT2D eigenvalue weighted by atomic mass is 16.2. The van der Waals surface area contributed by atoms with Gasteiger partial charge in [-0.15, -0.1) is 0 Å². The second-order valence-corrected chi connectivity index (χ2v) is 3.42. The number of hydrogen-bond acceptors (Lipinski definition) is 3. The molecule has 0 bridgehead atoms. The van der Waals surface area contributed by atoms with Gasteiger partial charge >= 0.3 is 0 Å². The van der Waals surface area contributed by atoms with Gasteiger partial charge in [-0.1, -0.05) is 13.8 Å². The van der Waals surface area contributed by atoms with Crippen LogP contribution in [0.5, 0.6) is 0 Å². The summed E-state index contributed by atoms with van der Waals surface area (Å²) in [6.07, 6.45) is 0. The van der Waals surface area contributed by atoms with E-state index in [1.165, 1.54) is 0 Å². The van der Waals surface area contributed by atoms with Crippen LogP contribution in [0.4, 0.5) is 0 Å². The average Bonchev–Trinajstić information content (AvgIpc) is 1.97. The molecule has 76 valence electrons. The molecule has 0 aliphatic rings. The number of primary amides is 1. The van der Waals surface area contributed by atoms with Crippen LogP contribution in [0.15, 0.2) is 0 Å². The Hall–Kier alpha value is -1.10. The van der Waals surface area contributed by atoms with Crippen molar-refractivity contribution in [2.75, 3.05) is 0 Å². The second-order valence-electron chi connectivity index (χ2n) is 3.42. The maximum atomic E-state index is 11.1. The van der Waals surface area contributed by atoms with Gasteiger partial charge in [-0.25, -0.2) is 0 Å². The van der Waals surface area contributed by atoms with Gasteiger partial charge in [0.25, 0.3) is 0 Å². The lowest BCUT2D eigenvalue weighted by molar-refractivity contribution is -0.128. The average molecular weight is 187 g/mol. The van der Waals surface area contributed by atoms with Gasteiger partial charge in [0, 0.05) is 0 Å². The van der Waals surface area contributed by atoms with Gasteiger partial charge in [0.15, 0.2) is 0 Å². The van der Waals surface area contributed by atoms with Crippen LogP contribution in [0.1, 0.15) is 20.8 Å². The molecule has 0 aromatic carbocycles. The summed E-state index contributed by atoms with van der Waals surface area (Å²) in [7, 11) is 0. The van der Waals surface area contributed by atoms with Gasteiger partial charge in [-0.05, 0) is 12.8 Å². The summed E-state index contributed by atoms with van der Waals surface area (Å²) in [5, 5.41) is 2.48. The molecule has 5 heteroatoms. The maximum absolute atomic E-state index is 11.1. The third-order valence-electron chi connectivity index (χ3n) is 1.68. The van der Waals surface area contributed by atoms with Crippen molar-refractivity contribution in [3.8, 4) is 0 Å². The molecule has 5 N–H and O–H groups in total. The molecule has 0 spiro atoms. The van der Waals surface area contributed by atoms with E-state index in [0.29, 0.717) is 0 Å². The summed E-state index contributed by atoms with van der Waals surface area (Å²) in [5.41, 5.74) is 10.4. The van der Waals surface area contributed by atoms with Crippen molar-refractivity contribution in [1.29, 1.82) is 0 Å². The summed E-state index contributed by atoms with van der Waals surface area (Å²) in [5.74, 6) is -0.929. The predicted molar refractivity (Wildman–Crippen MR) is 49.6 cm³/mol. The van der Waals surface area contributed by atoms with Crippen molar-refractivity contribution < 1.29 is 9.59 Å². The minimum Gasteiger partial charge on any atom is -0.368 e. The van der Waals surface area contributed by atoms with Crippen molar-refractivity contribution in [2.45, 2.75) is 32.9 Å². The molecule has 0 radical (unpaired) electrons. The van der Waals surface area contributed by atoms with E-state index < -0.39 is 18.0 Å². The minimum absolute atomic E-state index is 0.0276. The van der Waals surface area contributed by atoms with E-state index in [1.807, 2.05) is 0 Å². The fraction of sp³-hybridized carbons (Fsp3) is 0.750. The first kappa shape index (κ1) is 11.9. The van der Waals surface area contributed by atoms with Gasteiger partial charge in [0.05, 0.1) is 6.04 Å². The zero-order chi connectivity index (χ0) is 10.6. The first-order valence-electron chi connectivity index (χ1n) is 4.21. The van der Waals surface area contributed by atoms with Gasteiger partial charge in [-0.2, -0.15) is 0 Å². The summed E-state index contributed by atoms with van der Waals surface area (Å²) in [4.78, 5) is 22.0. The lowest BCUT2D eigenvalue weighted by atomic mass is 10.0. The summed E-state index contributed by atoms with van der Waals surface area (Å²) >= 11 is 0. The molecule has 0 aliphatic carbocycles. The quantitative estimate of drug-likeness (QED) is 0.524. The van der Waals surface area contributed by atoms with E-state index in [4.69, 9.17) is 11.5 Å². The highest BCUT2D eigenvalue weighted by Gasteiger charge is 2.22. The van der Waals surface area contributed by atoms with Crippen LogP contribution in [0.25, 0.3) is 0 Å². The zero-order valence-electron chi connectivity index (χ0n) is 8.20. The number of amides is 2. The molecular formula is C8H17N3O2. The van der Waals surface area contributed by atoms with Crippen LogP contribution >= 0.6 is 0 Å². The SMILES string of the molecule is CC(C)[C@@H](NC(=O)[C@H](C)N)C(N)=O. The van der Waals surface area contributed by atoms with Gasteiger partial charge in [-0.3, -0.25) is 9.59 Å². The topological polar surface area (TPSA) is 98.2 Å². The largest absolute Gasteiger partial charge is 0.368 e. The number of hydrogen-bond donors (Lipinski definition) is 3. The molecule has 0 unspecified atom stereocenters. The lowest BCUT2D eigenvalue weighted by Gasteiger charge is -2.19. The molecule has 13 heavy (non-hydrogen) atoms. The zero-order valence-corrected chi connectivity index (χ0v) is 8.20. The van der Waals surface area contributed by atoms with E-state index in [9.17, 15) is 9.59 Å². The van der Waals surface area contributed by atoms with Crippen molar-refractivity contribution >= 4 is 11.8 Å². The van der Waals surface area contributed by atoms with Crippen molar-refractivity contribution in [3.63, 3.8) is 0 Å². The van der Waals surface area contributed by atoms with E-state index in [1.54, 1.807) is 20.8 Å². The van der Waals surface area contributed by atoms with Gasteiger partial charge in [0.1, 0.15) is 6.04 Å². The molecule has 2 atom stereocenters. The Morgan fingerprint density at radius 2 is 1.69 bits per heavy atom. The highest BCUT2D eigenvalue weighted by molar-refractivity contribution is 5.88. The molecule has 0 fully saturated rings. The van der Waals surface area contributed by atoms with E-state index in [0.717, 1.165) is 0 Å². The Morgan fingerprint density at radius 3 is 1.92 bits per heavy atom. The maximum Gasteiger partial charge on any atom is 0.240 e. The highest BCUT2D eigenvalue weighted by Crippen LogP contribution is 2.00. The molecule has 0 rings (SSSR count). The van der Waals surface area contributed by atoms with E-state index >= 15 is 0 Å². The standard InChI is InChI=1S/C8H17N3O2/c1-4(2)6(7(10)12)11-8(13)5(3)9/h4-6H,9H2,1-3H3,(H2,10,12)(H,11,13)/t5-,6+/m0/s1. The molecule has 0 aromatic rings. The Labute approximate surface area is 77.8 Å². The molecule has 0 aliphatic heterocycles. The predicted octanol–water partition coefficient (Wildman–Crippen LogP) is -1.04. The summed E-state index contributed by atoms with van der Waals surface area (Å²) < 4.78 is 0. The third-order valence-corrected chi connectivity index (χ3v) is 1.68. The van der Waals surface area contributed by atoms with Crippen molar-refractivity contribution in [2.24, 2.45) is 17.4 Å². The number of nitrogens with one attached hydrogen (secondary N) is 1. The molecule has 0 saturated heterocycles. The fourth-order valence-electron chi connectivity index (χ4n) is 0.851. The second kappa shape index (κ2) is 4.81. The van der Waals surface area contributed by atoms with Crippen LogP contribution in [-0.4, -0.2) is 23.9 Å². The molecule has 0 saturated carbocycles. The molecule has 5 nitrogen and oxygen atoms in total. The normalized spacial score (nSPS) is 15.2. The smallest absolute Gasteiger partial charge is 0.240 e. The summed E-state index contributed by atoms with van der Waals surface area (Å²) in [6, 6.07) is -1.26. The van der Waals surface area contributed by atoms with Gasteiger partial charge < -0.3 is 16.8 Å².